The van der Waals surface area contributed by atoms with Gasteiger partial charge in [-0.1, -0.05) is 6.07 Å². The van der Waals surface area contributed by atoms with Crippen molar-refractivity contribution in [3.63, 3.8) is 0 Å². The molecule has 1 aromatic carbocycles. The van der Waals surface area contributed by atoms with Crippen molar-refractivity contribution in [3.8, 4) is 0 Å². The topological polar surface area (TPSA) is 94.1 Å². The number of hydrogen-bond donors (Lipinski definition) is 3. The molecule has 1 aromatic rings. The van der Waals surface area contributed by atoms with Gasteiger partial charge in [0.2, 0.25) is 5.91 Å². The molecule has 4 rings (SSSR count). The number of halogens is 1. The van der Waals surface area contributed by atoms with E-state index in [1.54, 1.807) is 12.1 Å². The number of nitrogens with one attached hydrogen (secondary N) is 2. The van der Waals surface area contributed by atoms with Crippen LogP contribution in [0.2, 0.25) is 0 Å². The number of carbonyl (C=O) groups excluding carboxylic acids is 2. The summed E-state index contributed by atoms with van der Waals surface area (Å²) in [5.74, 6) is -0.278. The maximum Gasteiger partial charge on any atom is 0.414 e. The average molecular weight is 420 g/mol. The normalized spacial score (nSPS) is 29.0. The van der Waals surface area contributed by atoms with Crippen LogP contribution in [-0.4, -0.2) is 74.0 Å². The first-order chi connectivity index (χ1) is 14.5. The largest absolute Gasteiger partial charge is 0.442 e. The summed E-state index contributed by atoms with van der Waals surface area (Å²) in [4.78, 5) is 27.0. The lowest BCUT2D eigenvalue weighted by Gasteiger charge is -2.49. The van der Waals surface area contributed by atoms with Crippen molar-refractivity contribution < 1.29 is 23.8 Å². The molecule has 9 heteroatoms. The summed E-state index contributed by atoms with van der Waals surface area (Å²) in [5.41, 5.74) is 0.565. The van der Waals surface area contributed by atoms with E-state index in [2.05, 4.69) is 15.5 Å². The first kappa shape index (κ1) is 21.0. The number of hydrogen-bond acceptors (Lipinski definition) is 6. The Hall–Kier alpha value is -2.23. The Bertz CT molecular complexity index is 820. The molecule has 0 spiro atoms. The number of likely N-dealkylation sites (tertiary alicyclic amines) is 1. The third-order valence-corrected chi connectivity index (χ3v) is 6.56. The first-order valence-corrected chi connectivity index (χ1v) is 10.5. The van der Waals surface area contributed by atoms with Gasteiger partial charge in [0, 0.05) is 32.1 Å². The number of carbonyl (C=O) groups is 2. The van der Waals surface area contributed by atoms with Crippen LogP contribution in [0.4, 0.5) is 14.9 Å². The van der Waals surface area contributed by atoms with Crippen LogP contribution in [0.25, 0.3) is 0 Å². The number of aliphatic hydroxyl groups is 1. The minimum Gasteiger partial charge on any atom is -0.442 e. The SMILES string of the molecule is CC(=O)NC[C@H]1CN(c2ccc([C@@]34CNC[C@H]3CCCN4CCO)c(F)c2)C(=O)O1. The van der Waals surface area contributed by atoms with Crippen LogP contribution in [0.1, 0.15) is 25.3 Å². The molecule has 164 valence electrons. The number of aliphatic hydroxyl groups excluding tert-OH is 1. The number of nitrogens with zero attached hydrogens (tertiary/aromatic N) is 2. The fraction of sp³-hybridized carbons (Fsp3) is 0.619. The number of anilines is 1. The summed E-state index contributed by atoms with van der Waals surface area (Å²) in [7, 11) is 0. The van der Waals surface area contributed by atoms with Crippen LogP contribution in [0.15, 0.2) is 18.2 Å². The molecule has 0 saturated carbocycles. The fourth-order valence-corrected chi connectivity index (χ4v) is 5.23. The van der Waals surface area contributed by atoms with E-state index >= 15 is 4.39 Å². The van der Waals surface area contributed by atoms with Crippen LogP contribution in [0, 0.1) is 11.7 Å². The van der Waals surface area contributed by atoms with Gasteiger partial charge in [-0.25, -0.2) is 9.18 Å². The van der Waals surface area contributed by atoms with Gasteiger partial charge in [-0.05, 0) is 37.4 Å². The maximum absolute atomic E-state index is 15.5. The second-order valence-electron chi connectivity index (χ2n) is 8.32. The lowest BCUT2D eigenvalue weighted by Crippen LogP contribution is -2.56. The van der Waals surface area contributed by atoms with Crippen molar-refractivity contribution in [2.24, 2.45) is 5.92 Å². The van der Waals surface area contributed by atoms with Gasteiger partial charge in [0.1, 0.15) is 11.9 Å². The molecule has 0 unspecified atom stereocenters. The number of benzene rings is 1. The summed E-state index contributed by atoms with van der Waals surface area (Å²) in [6.45, 7) is 4.70. The van der Waals surface area contributed by atoms with Crippen molar-refractivity contribution >= 4 is 17.7 Å². The molecule has 3 N–H and O–H groups in total. The number of piperidine rings is 1. The zero-order valence-electron chi connectivity index (χ0n) is 17.2. The first-order valence-electron chi connectivity index (χ1n) is 10.5. The predicted octanol–water partition coefficient (Wildman–Crippen LogP) is 0.790. The van der Waals surface area contributed by atoms with Gasteiger partial charge in [0.15, 0.2) is 0 Å². The lowest BCUT2D eigenvalue weighted by atomic mass is 9.74. The summed E-state index contributed by atoms with van der Waals surface area (Å²) in [5, 5.41) is 15.6. The molecule has 3 fully saturated rings. The van der Waals surface area contributed by atoms with Crippen molar-refractivity contribution in [2.45, 2.75) is 31.4 Å². The van der Waals surface area contributed by atoms with E-state index in [0.29, 0.717) is 24.3 Å². The molecular formula is C21H29FN4O4. The highest BCUT2D eigenvalue weighted by molar-refractivity contribution is 5.89. The predicted molar refractivity (Wildman–Crippen MR) is 109 cm³/mol. The van der Waals surface area contributed by atoms with E-state index in [1.807, 2.05) is 0 Å². The molecule has 0 aliphatic carbocycles. The quantitative estimate of drug-likeness (QED) is 0.630. The van der Waals surface area contributed by atoms with Gasteiger partial charge in [-0.3, -0.25) is 14.6 Å². The fourth-order valence-electron chi connectivity index (χ4n) is 5.23. The second-order valence-corrected chi connectivity index (χ2v) is 8.32. The molecule has 30 heavy (non-hydrogen) atoms. The van der Waals surface area contributed by atoms with Gasteiger partial charge in [-0.2, -0.15) is 0 Å². The Morgan fingerprint density at radius 1 is 1.47 bits per heavy atom. The molecule has 0 aromatic heterocycles. The highest BCUT2D eigenvalue weighted by atomic mass is 19.1. The van der Waals surface area contributed by atoms with E-state index in [9.17, 15) is 14.7 Å². The van der Waals surface area contributed by atoms with Gasteiger partial charge in [0.05, 0.1) is 30.9 Å². The molecule has 3 aliphatic rings. The zero-order valence-corrected chi connectivity index (χ0v) is 17.2. The Balaban J connectivity index is 1.59. The van der Waals surface area contributed by atoms with Crippen LogP contribution in [0.5, 0.6) is 0 Å². The third-order valence-electron chi connectivity index (χ3n) is 6.56. The Kier molecular flexibility index (Phi) is 5.95. The molecule has 2 amide bonds. The highest BCUT2D eigenvalue weighted by Crippen LogP contribution is 2.45. The molecule has 3 atom stereocenters. The number of ether oxygens (including phenoxy) is 1. The van der Waals surface area contributed by atoms with Crippen molar-refractivity contribution in [3.05, 3.63) is 29.6 Å². The van der Waals surface area contributed by atoms with E-state index < -0.39 is 17.7 Å². The van der Waals surface area contributed by atoms with Crippen molar-refractivity contribution in [2.75, 3.05) is 50.8 Å². The number of fused-ring (bicyclic) bond motifs is 1. The van der Waals surface area contributed by atoms with Crippen LogP contribution in [0.3, 0.4) is 0 Å². The molecule has 3 heterocycles. The Morgan fingerprint density at radius 3 is 3.03 bits per heavy atom. The van der Waals surface area contributed by atoms with Crippen LogP contribution in [-0.2, 0) is 15.1 Å². The molecular weight excluding hydrogens is 391 g/mol. The van der Waals surface area contributed by atoms with E-state index in [4.69, 9.17) is 4.74 Å². The van der Waals surface area contributed by atoms with E-state index in [0.717, 1.165) is 25.9 Å². The smallest absolute Gasteiger partial charge is 0.414 e. The summed E-state index contributed by atoms with van der Waals surface area (Å²) in [6.07, 6.45) is 1.03. The Labute approximate surface area is 175 Å². The Morgan fingerprint density at radius 2 is 2.30 bits per heavy atom. The molecule has 8 nitrogen and oxygen atoms in total. The zero-order chi connectivity index (χ0) is 21.3. The van der Waals surface area contributed by atoms with Crippen molar-refractivity contribution in [1.29, 1.82) is 0 Å². The maximum atomic E-state index is 15.5. The minimum absolute atomic E-state index is 0.0312. The monoisotopic (exact) mass is 420 g/mol. The number of β-amino-alcohol motifs (C(OH)–C–C–N with tert-alkyl or cyclic N) is 1. The molecule has 0 bridgehead atoms. The molecule has 0 radical (unpaired) electrons. The lowest BCUT2D eigenvalue weighted by molar-refractivity contribution is -0.119. The summed E-state index contributed by atoms with van der Waals surface area (Å²) < 4.78 is 20.7. The van der Waals surface area contributed by atoms with Gasteiger partial charge < -0.3 is 20.5 Å². The standard InChI is InChI=1S/C21H29FN4O4/c1-14(28)24-11-17-12-26(20(29)30-17)16-4-5-18(19(22)9-16)21-13-23-10-15(21)3-2-6-25(21)7-8-27/h4-5,9,15,17,23,27H,2-3,6-8,10-13H2,1H3,(H,24,28)/t15-,17+,21-/m1/s1. The summed E-state index contributed by atoms with van der Waals surface area (Å²) >= 11 is 0. The minimum atomic E-state index is -0.546. The number of rotatable bonds is 6. The van der Waals surface area contributed by atoms with E-state index in [1.165, 1.54) is 17.9 Å². The second kappa shape index (κ2) is 8.49. The molecule has 3 saturated heterocycles. The number of cyclic esters (lactones) is 1. The highest BCUT2D eigenvalue weighted by Gasteiger charge is 2.51. The van der Waals surface area contributed by atoms with Gasteiger partial charge in [0.25, 0.3) is 0 Å². The van der Waals surface area contributed by atoms with Gasteiger partial charge in [-0.15, -0.1) is 0 Å². The van der Waals surface area contributed by atoms with Crippen molar-refractivity contribution in [1.82, 2.24) is 15.5 Å². The van der Waals surface area contributed by atoms with E-state index in [-0.39, 0.29) is 37.3 Å². The van der Waals surface area contributed by atoms with Gasteiger partial charge >= 0.3 is 6.09 Å². The van der Waals surface area contributed by atoms with Crippen LogP contribution >= 0.6 is 0 Å². The average Bonchev–Trinajstić information content (AvgIpc) is 3.31. The molecule has 3 aliphatic heterocycles. The number of amides is 2. The van der Waals surface area contributed by atoms with Crippen LogP contribution < -0.4 is 15.5 Å². The summed E-state index contributed by atoms with van der Waals surface area (Å²) in [6, 6.07) is 4.93. The third kappa shape index (κ3) is 3.66.